The molecule has 0 aliphatic carbocycles. The summed E-state index contributed by atoms with van der Waals surface area (Å²) in [7, 11) is 0. The summed E-state index contributed by atoms with van der Waals surface area (Å²) < 4.78 is 2.30. The van der Waals surface area contributed by atoms with Gasteiger partial charge in [-0.2, -0.15) is 0 Å². The van der Waals surface area contributed by atoms with Gasteiger partial charge in [0.05, 0.1) is 0 Å². The van der Waals surface area contributed by atoms with Crippen molar-refractivity contribution in [2.45, 2.75) is 81.9 Å². The van der Waals surface area contributed by atoms with Crippen LogP contribution in [0.15, 0.2) is 30.6 Å². The van der Waals surface area contributed by atoms with Crippen molar-refractivity contribution in [3.63, 3.8) is 0 Å². The summed E-state index contributed by atoms with van der Waals surface area (Å²) in [6, 6.07) is 6.32. The van der Waals surface area contributed by atoms with Gasteiger partial charge in [0.15, 0.2) is 0 Å². The van der Waals surface area contributed by atoms with Crippen LogP contribution in [-0.4, -0.2) is 15.0 Å². The normalized spacial score (nSPS) is 10.8. The minimum absolute atomic E-state index is 0.886. The summed E-state index contributed by atoms with van der Waals surface area (Å²) >= 11 is 0.886. The first-order valence-electron chi connectivity index (χ1n) is 8.45. The Morgan fingerprint density at radius 3 is 2.00 bits per heavy atom. The number of aryl methyl sites for hydroxylation is 1. The summed E-state index contributed by atoms with van der Waals surface area (Å²) in [6.45, 7) is 3.48. The van der Waals surface area contributed by atoms with Gasteiger partial charge in [-0.05, 0) is 0 Å². The van der Waals surface area contributed by atoms with Gasteiger partial charge in [0.2, 0.25) is 0 Å². The second-order valence-corrected chi connectivity index (χ2v) is 8.12. The van der Waals surface area contributed by atoms with Crippen LogP contribution in [0, 0.1) is 0 Å². The average molecular weight is 341 g/mol. The standard InChI is InChI=1S/C18H32NSe/c1-2-3-4-5-6-7-8-12-17-20-18-13-16-19-14-10-9-11-15-19/h9-11,14-15H,2-8,12-13,16-18H2,1H3/q+1. The van der Waals surface area contributed by atoms with E-state index in [1.807, 2.05) is 0 Å². The van der Waals surface area contributed by atoms with Crippen molar-refractivity contribution in [1.29, 1.82) is 0 Å². The van der Waals surface area contributed by atoms with Crippen molar-refractivity contribution in [2.75, 3.05) is 0 Å². The topological polar surface area (TPSA) is 3.88 Å². The van der Waals surface area contributed by atoms with E-state index < -0.39 is 0 Å². The van der Waals surface area contributed by atoms with Crippen molar-refractivity contribution in [3.8, 4) is 0 Å². The van der Waals surface area contributed by atoms with Crippen LogP contribution in [0.3, 0.4) is 0 Å². The summed E-state index contributed by atoms with van der Waals surface area (Å²) in [5, 5.41) is 2.95. The molecule has 0 bridgehead atoms. The Labute approximate surface area is 132 Å². The molecule has 0 unspecified atom stereocenters. The van der Waals surface area contributed by atoms with Gasteiger partial charge in [-0.1, -0.05) is 0 Å². The average Bonchev–Trinajstić information content (AvgIpc) is 2.49. The molecule has 1 aromatic heterocycles. The van der Waals surface area contributed by atoms with Crippen molar-refractivity contribution in [2.24, 2.45) is 0 Å². The van der Waals surface area contributed by atoms with E-state index in [9.17, 15) is 0 Å². The van der Waals surface area contributed by atoms with Gasteiger partial charge < -0.3 is 0 Å². The molecule has 2 heteroatoms. The van der Waals surface area contributed by atoms with E-state index in [0.717, 1.165) is 15.0 Å². The van der Waals surface area contributed by atoms with Crippen LogP contribution < -0.4 is 4.57 Å². The number of rotatable bonds is 13. The SMILES string of the molecule is CCCCCCCCCC[Se]CCC[n+]1ccccc1. The van der Waals surface area contributed by atoms with Gasteiger partial charge in [-0.3, -0.25) is 0 Å². The van der Waals surface area contributed by atoms with Crippen molar-refractivity contribution >= 4 is 15.0 Å². The third-order valence-electron chi connectivity index (χ3n) is 3.62. The Kier molecular flexibility index (Phi) is 12.1. The second-order valence-electron chi connectivity index (χ2n) is 5.55. The number of hydrogen-bond donors (Lipinski definition) is 0. The molecule has 0 amide bonds. The number of unbranched alkanes of at least 4 members (excludes halogenated alkanes) is 7. The van der Waals surface area contributed by atoms with Crippen LogP contribution in [0.25, 0.3) is 0 Å². The van der Waals surface area contributed by atoms with Crippen LogP contribution in [0.2, 0.25) is 10.6 Å². The van der Waals surface area contributed by atoms with Crippen LogP contribution >= 0.6 is 0 Å². The molecule has 0 atom stereocenters. The van der Waals surface area contributed by atoms with Gasteiger partial charge in [0.1, 0.15) is 0 Å². The summed E-state index contributed by atoms with van der Waals surface area (Å²) in [6.07, 6.45) is 17.3. The summed E-state index contributed by atoms with van der Waals surface area (Å²) in [5.74, 6) is 0. The van der Waals surface area contributed by atoms with Crippen molar-refractivity contribution in [1.82, 2.24) is 0 Å². The molecule has 114 valence electrons. The predicted octanol–water partition coefficient (Wildman–Crippen LogP) is 5.05. The number of nitrogens with zero attached hydrogens (tertiary/aromatic N) is 1. The van der Waals surface area contributed by atoms with Crippen molar-refractivity contribution < 1.29 is 4.57 Å². The van der Waals surface area contributed by atoms with Gasteiger partial charge >= 0.3 is 132 Å². The molecule has 1 heterocycles. The van der Waals surface area contributed by atoms with Gasteiger partial charge in [-0.25, -0.2) is 0 Å². The Bertz CT molecular complexity index is 300. The third-order valence-corrected chi connectivity index (χ3v) is 6.05. The Morgan fingerprint density at radius 2 is 1.30 bits per heavy atom. The molecule has 0 saturated carbocycles. The molecule has 0 spiro atoms. The molecule has 0 N–H and O–H groups in total. The molecule has 0 aliphatic heterocycles. The molecule has 0 saturated heterocycles. The van der Waals surface area contributed by atoms with E-state index >= 15 is 0 Å². The fourth-order valence-electron chi connectivity index (χ4n) is 2.37. The van der Waals surface area contributed by atoms with Crippen LogP contribution in [0.5, 0.6) is 0 Å². The summed E-state index contributed by atoms with van der Waals surface area (Å²) in [4.78, 5) is 0. The molecule has 0 aliphatic rings. The minimum atomic E-state index is 0.886. The van der Waals surface area contributed by atoms with Gasteiger partial charge in [-0.15, -0.1) is 0 Å². The monoisotopic (exact) mass is 342 g/mol. The van der Waals surface area contributed by atoms with Crippen molar-refractivity contribution in [3.05, 3.63) is 30.6 Å². The fourth-order valence-corrected chi connectivity index (χ4v) is 4.36. The van der Waals surface area contributed by atoms with E-state index in [0.29, 0.717) is 0 Å². The molecule has 20 heavy (non-hydrogen) atoms. The number of aromatic nitrogens is 1. The van der Waals surface area contributed by atoms with Gasteiger partial charge in [0, 0.05) is 0 Å². The Balaban J connectivity index is 1.77. The quantitative estimate of drug-likeness (QED) is 0.269. The van der Waals surface area contributed by atoms with Crippen LogP contribution in [0.1, 0.15) is 64.7 Å². The second kappa shape index (κ2) is 13.6. The molecular weight excluding hydrogens is 309 g/mol. The van der Waals surface area contributed by atoms with Crippen LogP contribution in [-0.2, 0) is 6.54 Å². The van der Waals surface area contributed by atoms with E-state index in [1.165, 1.54) is 75.0 Å². The first-order chi connectivity index (χ1) is 9.93. The zero-order valence-electron chi connectivity index (χ0n) is 13.2. The van der Waals surface area contributed by atoms with Crippen LogP contribution in [0.4, 0.5) is 0 Å². The molecule has 0 radical (unpaired) electrons. The fraction of sp³-hybridized carbons (Fsp3) is 0.722. The number of hydrogen-bond acceptors (Lipinski definition) is 0. The molecule has 1 rings (SSSR count). The molecule has 0 aromatic carbocycles. The van der Waals surface area contributed by atoms with E-state index in [4.69, 9.17) is 0 Å². The zero-order chi connectivity index (χ0) is 14.3. The van der Waals surface area contributed by atoms with E-state index in [1.54, 1.807) is 0 Å². The first-order valence-corrected chi connectivity index (χ1v) is 10.9. The van der Waals surface area contributed by atoms with E-state index in [2.05, 4.69) is 42.1 Å². The maximum atomic E-state index is 2.30. The zero-order valence-corrected chi connectivity index (χ0v) is 14.9. The molecule has 1 nitrogen and oxygen atoms in total. The maximum absolute atomic E-state index is 2.30. The Morgan fingerprint density at radius 1 is 0.700 bits per heavy atom. The Hall–Kier alpha value is -0.331. The van der Waals surface area contributed by atoms with E-state index in [-0.39, 0.29) is 0 Å². The number of pyridine rings is 1. The molecule has 0 fully saturated rings. The summed E-state index contributed by atoms with van der Waals surface area (Å²) in [5.41, 5.74) is 0. The van der Waals surface area contributed by atoms with Gasteiger partial charge in [0.25, 0.3) is 0 Å². The molecule has 1 aromatic rings. The predicted molar refractivity (Wildman–Crippen MR) is 89.2 cm³/mol. The first kappa shape index (κ1) is 17.7. The molecular formula is C18H32NSe+. The third kappa shape index (κ3) is 10.5.